The summed E-state index contributed by atoms with van der Waals surface area (Å²) < 4.78 is 7.39. The van der Waals surface area contributed by atoms with Crippen LogP contribution in [0.2, 0.25) is 0 Å². The molecular formula is C17H21N5O. The Morgan fingerprint density at radius 1 is 1.35 bits per heavy atom. The van der Waals surface area contributed by atoms with Gasteiger partial charge in [0.1, 0.15) is 11.9 Å². The first-order valence-corrected chi connectivity index (χ1v) is 7.54. The molecular weight excluding hydrogens is 290 g/mol. The zero-order chi connectivity index (χ0) is 16.7. The van der Waals surface area contributed by atoms with E-state index in [-0.39, 0.29) is 5.90 Å². The number of hydrogen-bond acceptors (Lipinski definition) is 5. The highest BCUT2D eigenvalue weighted by atomic mass is 16.5. The fraction of sp³-hybridized carbons (Fsp3) is 0.294. The first kappa shape index (κ1) is 16.4. The lowest BCUT2D eigenvalue weighted by Crippen LogP contribution is -2.14. The molecule has 1 aromatic heterocycles. The van der Waals surface area contributed by atoms with E-state index in [4.69, 9.17) is 16.3 Å². The van der Waals surface area contributed by atoms with Crippen LogP contribution in [0.25, 0.3) is 0 Å². The second-order valence-electron chi connectivity index (χ2n) is 5.16. The van der Waals surface area contributed by atoms with Crippen LogP contribution in [0.3, 0.4) is 0 Å². The number of benzene rings is 1. The molecule has 0 unspecified atom stereocenters. The minimum Gasteiger partial charge on any atom is -0.476 e. The predicted molar refractivity (Wildman–Crippen MR) is 90.7 cm³/mol. The van der Waals surface area contributed by atoms with Crippen molar-refractivity contribution in [3.8, 4) is 6.07 Å². The van der Waals surface area contributed by atoms with Crippen molar-refractivity contribution in [1.29, 1.82) is 5.26 Å². The lowest BCUT2D eigenvalue weighted by atomic mass is 10.2. The lowest BCUT2D eigenvalue weighted by Gasteiger charge is -2.10. The summed E-state index contributed by atoms with van der Waals surface area (Å²) in [7, 11) is 0. The number of aromatic nitrogens is 1. The molecule has 0 aliphatic heterocycles. The first-order chi connectivity index (χ1) is 11.2. The third kappa shape index (κ3) is 3.83. The molecule has 0 amide bonds. The number of nitrogens with zero attached hydrogens (tertiary/aromatic N) is 3. The lowest BCUT2D eigenvalue weighted by molar-refractivity contribution is 0.296. The maximum Gasteiger partial charge on any atom is 0.242 e. The smallest absolute Gasteiger partial charge is 0.242 e. The summed E-state index contributed by atoms with van der Waals surface area (Å²) in [4.78, 5) is 0. The normalized spacial score (nSPS) is 11.2. The molecule has 0 spiro atoms. The van der Waals surface area contributed by atoms with Gasteiger partial charge in [0, 0.05) is 12.7 Å². The molecule has 0 aliphatic rings. The van der Waals surface area contributed by atoms with E-state index in [1.807, 2.05) is 30.3 Å². The molecule has 1 aromatic carbocycles. The predicted octanol–water partition coefficient (Wildman–Crippen LogP) is 2.43. The topological polar surface area (TPSA) is 102 Å². The van der Waals surface area contributed by atoms with Gasteiger partial charge >= 0.3 is 0 Å². The van der Waals surface area contributed by atoms with Gasteiger partial charge in [-0.2, -0.15) is 5.26 Å². The van der Waals surface area contributed by atoms with Crippen molar-refractivity contribution < 1.29 is 4.74 Å². The minimum atomic E-state index is 0.208. The molecule has 0 aliphatic carbocycles. The third-order valence-electron chi connectivity index (χ3n) is 3.50. The second kappa shape index (κ2) is 7.90. The van der Waals surface area contributed by atoms with Crippen molar-refractivity contribution in [3.63, 3.8) is 0 Å². The van der Waals surface area contributed by atoms with Crippen LogP contribution in [0.15, 0.2) is 41.6 Å². The second-order valence-corrected chi connectivity index (χ2v) is 5.16. The Hall–Kier alpha value is -2.94. The van der Waals surface area contributed by atoms with Crippen LogP contribution < -0.4 is 11.6 Å². The largest absolute Gasteiger partial charge is 0.476 e. The number of nitrogens with two attached hydrogens (primary N) is 2. The van der Waals surface area contributed by atoms with E-state index in [1.165, 1.54) is 0 Å². The van der Waals surface area contributed by atoms with Gasteiger partial charge in [0.05, 0.1) is 17.7 Å². The maximum absolute atomic E-state index is 9.37. The van der Waals surface area contributed by atoms with Crippen molar-refractivity contribution in [2.75, 3.05) is 12.3 Å². The van der Waals surface area contributed by atoms with Crippen LogP contribution in [0.1, 0.15) is 36.5 Å². The molecule has 0 saturated carbocycles. The number of anilines is 1. The van der Waals surface area contributed by atoms with Crippen molar-refractivity contribution in [2.24, 2.45) is 10.9 Å². The number of unbranched alkanes of at least 4 members (excludes halogenated alkanes) is 1. The summed E-state index contributed by atoms with van der Waals surface area (Å²) in [6.45, 7) is 3.11. The minimum absolute atomic E-state index is 0.208. The van der Waals surface area contributed by atoms with Gasteiger partial charge in [-0.25, -0.2) is 0 Å². The molecule has 0 bridgehead atoms. The summed E-state index contributed by atoms with van der Waals surface area (Å²) in [6, 6.07) is 12.0. The summed E-state index contributed by atoms with van der Waals surface area (Å²) in [5, 5.41) is 13.0. The Morgan fingerprint density at radius 3 is 2.70 bits per heavy atom. The van der Waals surface area contributed by atoms with E-state index in [0.717, 1.165) is 18.4 Å². The van der Waals surface area contributed by atoms with Gasteiger partial charge in [0.2, 0.25) is 5.90 Å². The molecule has 4 N–H and O–H groups in total. The monoisotopic (exact) mass is 311 g/mol. The third-order valence-corrected chi connectivity index (χ3v) is 3.50. The van der Waals surface area contributed by atoms with E-state index in [1.54, 1.807) is 10.8 Å². The van der Waals surface area contributed by atoms with Crippen molar-refractivity contribution >= 4 is 11.7 Å². The van der Waals surface area contributed by atoms with Crippen molar-refractivity contribution in [3.05, 3.63) is 53.2 Å². The number of nitriles is 1. The van der Waals surface area contributed by atoms with Gasteiger partial charge < -0.3 is 20.9 Å². The van der Waals surface area contributed by atoms with E-state index in [2.05, 4.69) is 18.1 Å². The van der Waals surface area contributed by atoms with Gasteiger partial charge in [0.15, 0.2) is 0 Å². The van der Waals surface area contributed by atoms with Crippen LogP contribution in [-0.4, -0.2) is 17.1 Å². The Balaban J connectivity index is 2.31. The van der Waals surface area contributed by atoms with Gasteiger partial charge in [-0.05, 0) is 12.0 Å². The molecule has 1 heterocycles. The summed E-state index contributed by atoms with van der Waals surface area (Å²) >= 11 is 0. The fourth-order valence-electron chi connectivity index (χ4n) is 2.28. The summed E-state index contributed by atoms with van der Waals surface area (Å²) in [5.74, 6) is 6.06. The number of hydrogen-bond donors (Lipinski definition) is 2. The van der Waals surface area contributed by atoms with Crippen LogP contribution in [0, 0.1) is 11.3 Å². The zero-order valence-corrected chi connectivity index (χ0v) is 13.2. The van der Waals surface area contributed by atoms with E-state index in [0.29, 0.717) is 30.1 Å². The summed E-state index contributed by atoms with van der Waals surface area (Å²) in [5.41, 5.74) is 8.15. The molecule has 6 heteroatoms. The number of nitrogen functional groups attached to an aromatic ring is 1. The summed E-state index contributed by atoms with van der Waals surface area (Å²) in [6.07, 6.45) is 3.57. The standard InChI is InChI=1S/C17H21N5O/c1-2-3-9-23-17(21-20)15-14(10-18)12-22(16(15)19)11-13-7-5-4-6-8-13/h4-8,12H,2-3,9,11,19-20H2,1H3/b21-17+. The number of hydrazone groups is 1. The first-order valence-electron chi connectivity index (χ1n) is 7.54. The Morgan fingerprint density at radius 2 is 2.09 bits per heavy atom. The SMILES string of the molecule is CCCCO/C(=N/N)c1c(C#N)cn(Cc2ccccc2)c1N. The Labute approximate surface area is 136 Å². The highest BCUT2D eigenvalue weighted by molar-refractivity contribution is 6.01. The molecule has 6 nitrogen and oxygen atoms in total. The fourth-order valence-corrected chi connectivity index (χ4v) is 2.28. The van der Waals surface area contributed by atoms with Gasteiger partial charge in [0.25, 0.3) is 0 Å². The maximum atomic E-state index is 9.37. The van der Waals surface area contributed by atoms with E-state index >= 15 is 0 Å². The highest BCUT2D eigenvalue weighted by Gasteiger charge is 2.20. The van der Waals surface area contributed by atoms with Gasteiger partial charge in [-0.15, -0.1) is 5.10 Å². The average Bonchev–Trinajstić information content (AvgIpc) is 2.89. The molecule has 2 rings (SSSR count). The van der Waals surface area contributed by atoms with Crippen LogP contribution in [-0.2, 0) is 11.3 Å². The molecule has 120 valence electrons. The van der Waals surface area contributed by atoms with E-state index in [9.17, 15) is 5.26 Å². The van der Waals surface area contributed by atoms with Crippen molar-refractivity contribution in [2.45, 2.75) is 26.3 Å². The molecule has 0 atom stereocenters. The Kier molecular flexibility index (Phi) is 5.64. The quantitative estimate of drug-likeness (QED) is 0.281. The molecule has 0 saturated heterocycles. The average molecular weight is 311 g/mol. The number of ether oxygens (including phenoxy) is 1. The van der Waals surface area contributed by atoms with Crippen LogP contribution in [0.5, 0.6) is 0 Å². The molecule has 0 radical (unpaired) electrons. The van der Waals surface area contributed by atoms with Crippen LogP contribution in [0.4, 0.5) is 5.82 Å². The molecule has 0 fully saturated rings. The number of rotatable bonds is 6. The zero-order valence-electron chi connectivity index (χ0n) is 13.2. The molecule has 2 aromatic rings. The molecule has 23 heavy (non-hydrogen) atoms. The van der Waals surface area contributed by atoms with Crippen LogP contribution >= 0.6 is 0 Å². The van der Waals surface area contributed by atoms with Gasteiger partial charge in [-0.3, -0.25) is 0 Å². The Bertz CT molecular complexity index is 713. The van der Waals surface area contributed by atoms with E-state index < -0.39 is 0 Å². The van der Waals surface area contributed by atoms with Crippen molar-refractivity contribution in [1.82, 2.24) is 4.57 Å². The highest BCUT2D eigenvalue weighted by Crippen LogP contribution is 2.22. The van der Waals surface area contributed by atoms with Gasteiger partial charge in [-0.1, -0.05) is 43.7 Å².